The van der Waals surface area contributed by atoms with E-state index in [0.29, 0.717) is 46.8 Å². The maximum Gasteiger partial charge on any atom is 0.280 e. The van der Waals surface area contributed by atoms with E-state index in [1.165, 1.54) is 6.33 Å². The molecular formula is C18H20N8O. The summed E-state index contributed by atoms with van der Waals surface area (Å²) in [5.41, 5.74) is 2.82. The number of nitrogens with one attached hydrogen (secondary N) is 2. The van der Waals surface area contributed by atoms with E-state index in [1.807, 2.05) is 44.1 Å². The fourth-order valence-corrected chi connectivity index (χ4v) is 3.10. The Labute approximate surface area is 155 Å². The molecule has 0 bridgehead atoms. The topological polar surface area (TPSA) is 105 Å². The Morgan fingerprint density at radius 3 is 2.93 bits per heavy atom. The number of aryl methyl sites for hydroxylation is 1. The molecule has 138 valence electrons. The van der Waals surface area contributed by atoms with Crippen molar-refractivity contribution in [3.05, 3.63) is 52.6 Å². The van der Waals surface area contributed by atoms with Crippen LogP contribution in [-0.2, 0) is 6.54 Å². The molecule has 4 aromatic rings. The van der Waals surface area contributed by atoms with Crippen LogP contribution >= 0.6 is 0 Å². The lowest BCUT2D eigenvalue weighted by Gasteiger charge is -2.23. The van der Waals surface area contributed by atoms with Crippen molar-refractivity contribution in [3.8, 4) is 0 Å². The number of hydrogen-bond acceptors (Lipinski definition) is 7. The van der Waals surface area contributed by atoms with E-state index in [0.717, 1.165) is 5.56 Å². The van der Waals surface area contributed by atoms with Crippen molar-refractivity contribution in [2.24, 2.45) is 0 Å². The van der Waals surface area contributed by atoms with Gasteiger partial charge in [0.05, 0.1) is 23.8 Å². The van der Waals surface area contributed by atoms with E-state index in [1.54, 1.807) is 11.0 Å². The number of fused-ring (bicyclic) bond motifs is 2. The summed E-state index contributed by atoms with van der Waals surface area (Å²) < 4.78 is 1.62. The van der Waals surface area contributed by atoms with Crippen LogP contribution in [0.4, 0.5) is 5.82 Å². The maximum atomic E-state index is 13.2. The number of aromatic amines is 1. The predicted molar refractivity (Wildman–Crippen MR) is 104 cm³/mol. The summed E-state index contributed by atoms with van der Waals surface area (Å²) in [6.07, 6.45) is 3.02. The number of aromatic nitrogens is 6. The summed E-state index contributed by atoms with van der Waals surface area (Å²) in [6.45, 7) is 4.92. The summed E-state index contributed by atoms with van der Waals surface area (Å²) in [5.74, 6) is 1.22. The minimum atomic E-state index is -0.0753. The van der Waals surface area contributed by atoms with Crippen LogP contribution in [-0.4, -0.2) is 43.2 Å². The number of H-pyrrole nitrogens is 1. The summed E-state index contributed by atoms with van der Waals surface area (Å²) in [5, 5.41) is 5.73. The van der Waals surface area contributed by atoms with E-state index < -0.39 is 0 Å². The van der Waals surface area contributed by atoms with Gasteiger partial charge in [0, 0.05) is 13.6 Å². The van der Waals surface area contributed by atoms with Crippen LogP contribution in [0, 0.1) is 6.92 Å². The van der Waals surface area contributed by atoms with Crippen molar-refractivity contribution in [2.45, 2.75) is 20.4 Å². The zero-order valence-corrected chi connectivity index (χ0v) is 15.4. The number of benzene rings is 1. The maximum absolute atomic E-state index is 13.2. The normalized spacial score (nSPS) is 11.2. The first-order valence-corrected chi connectivity index (χ1v) is 8.70. The van der Waals surface area contributed by atoms with Crippen LogP contribution < -0.4 is 15.9 Å². The zero-order chi connectivity index (χ0) is 19.0. The highest BCUT2D eigenvalue weighted by atomic mass is 16.1. The molecule has 2 N–H and O–H groups in total. The number of nitrogens with zero attached hydrogens (tertiary/aromatic N) is 6. The van der Waals surface area contributed by atoms with Crippen molar-refractivity contribution in [1.82, 2.24) is 29.6 Å². The predicted octanol–water partition coefficient (Wildman–Crippen LogP) is 1.57. The average molecular weight is 364 g/mol. The number of hydrogen-bond donors (Lipinski definition) is 2. The number of anilines is 1. The second kappa shape index (κ2) is 6.67. The zero-order valence-electron chi connectivity index (χ0n) is 15.4. The molecule has 0 saturated carbocycles. The van der Waals surface area contributed by atoms with Crippen molar-refractivity contribution >= 4 is 27.9 Å². The van der Waals surface area contributed by atoms with Crippen molar-refractivity contribution in [2.75, 3.05) is 23.9 Å². The third-order valence-corrected chi connectivity index (χ3v) is 4.59. The van der Waals surface area contributed by atoms with Crippen LogP contribution in [0.25, 0.3) is 22.1 Å². The molecule has 9 heteroatoms. The minimum Gasteiger partial charge on any atom is -0.361 e. The molecule has 0 aliphatic heterocycles. The molecule has 0 spiro atoms. The molecular weight excluding hydrogens is 344 g/mol. The van der Waals surface area contributed by atoms with Crippen LogP contribution in [0.5, 0.6) is 0 Å². The minimum absolute atomic E-state index is 0.0753. The highest BCUT2D eigenvalue weighted by molar-refractivity contribution is 5.82. The standard InChI is InChI=1S/C18H20N8O/c1-4-25(3)26-13(24-12-7-5-6-11(2)14(12)18(26)27)8-19-16-15-17(21-9-20-15)23-10-22-16/h5-7,9-10H,4,8H2,1-3H3,(H2,19,20,21,22,23). The molecule has 27 heavy (non-hydrogen) atoms. The SMILES string of the molecule is CCN(C)n1c(CNc2ncnc3nc[nH]c23)nc2cccc(C)c2c1=O. The molecule has 0 aliphatic carbocycles. The number of imidazole rings is 1. The molecule has 0 radical (unpaired) electrons. The smallest absolute Gasteiger partial charge is 0.280 e. The summed E-state index contributed by atoms with van der Waals surface area (Å²) in [7, 11) is 1.87. The van der Waals surface area contributed by atoms with Crippen molar-refractivity contribution in [3.63, 3.8) is 0 Å². The Bertz CT molecular complexity index is 1180. The van der Waals surface area contributed by atoms with Gasteiger partial charge in [0.25, 0.3) is 5.56 Å². The molecule has 0 saturated heterocycles. The highest BCUT2D eigenvalue weighted by Crippen LogP contribution is 2.17. The van der Waals surface area contributed by atoms with Gasteiger partial charge in [0.15, 0.2) is 17.3 Å². The van der Waals surface area contributed by atoms with Gasteiger partial charge in [-0.05, 0) is 25.5 Å². The Morgan fingerprint density at radius 1 is 1.26 bits per heavy atom. The van der Waals surface area contributed by atoms with Crippen LogP contribution in [0.3, 0.4) is 0 Å². The lowest BCUT2D eigenvalue weighted by molar-refractivity contribution is 0.606. The van der Waals surface area contributed by atoms with Crippen molar-refractivity contribution in [1.29, 1.82) is 0 Å². The van der Waals surface area contributed by atoms with Gasteiger partial charge in [0.2, 0.25) is 0 Å². The third kappa shape index (κ3) is 2.86. The number of rotatable bonds is 5. The van der Waals surface area contributed by atoms with Crippen LogP contribution in [0.2, 0.25) is 0 Å². The molecule has 0 unspecified atom stereocenters. The largest absolute Gasteiger partial charge is 0.361 e. The van der Waals surface area contributed by atoms with Crippen LogP contribution in [0.15, 0.2) is 35.6 Å². The molecule has 3 heterocycles. The molecule has 3 aromatic heterocycles. The third-order valence-electron chi connectivity index (χ3n) is 4.59. The van der Waals surface area contributed by atoms with E-state index in [9.17, 15) is 4.79 Å². The molecule has 0 atom stereocenters. The Kier molecular flexibility index (Phi) is 4.19. The summed E-state index contributed by atoms with van der Waals surface area (Å²) in [4.78, 5) is 33.4. The first-order chi connectivity index (χ1) is 13.1. The molecule has 4 rings (SSSR count). The van der Waals surface area contributed by atoms with Gasteiger partial charge >= 0.3 is 0 Å². The molecule has 0 fully saturated rings. The second-order valence-corrected chi connectivity index (χ2v) is 6.26. The van der Waals surface area contributed by atoms with E-state index in [-0.39, 0.29) is 5.56 Å². The summed E-state index contributed by atoms with van der Waals surface area (Å²) >= 11 is 0. The lowest BCUT2D eigenvalue weighted by Crippen LogP contribution is -2.42. The molecule has 1 aromatic carbocycles. The quantitative estimate of drug-likeness (QED) is 0.554. The van der Waals surface area contributed by atoms with Gasteiger partial charge in [-0.25, -0.2) is 24.6 Å². The van der Waals surface area contributed by atoms with E-state index >= 15 is 0 Å². The van der Waals surface area contributed by atoms with Crippen LogP contribution in [0.1, 0.15) is 18.3 Å². The van der Waals surface area contributed by atoms with Gasteiger partial charge in [-0.3, -0.25) is 4.79 Å². The summed E-state index contributed by atoms with van der Waals surface area (Å²) in [6, 6.07) is 5.70. The van der Waals surface area contributed by atoms with E-state index in [2.05, 4.69) is 25.3 Å². The fourth-order valence-electron chi connectivity index (χ4n) is 3.10. The lowest BCUT2D eigenvalue weighted by atomic mass is 10.1. The Balaban J connectivity index is 1.80. The Morgan fingerprint density at radius 2 is 2.11 bits per heavy atom. The van der Waals surface area contributed by atoms with E-state index in [4.69, 9.17) is 4.98 Å². The van der Waals surface area contributed by atoms with Gasteiger partial charge in [-0.15, -0.1) is 0 Å². The Hall–Kier alpha value is -3.49. The van der Waals surface area contributed by atoms with Gasteiger partial charge in [-0.1, -0.05) is 12.1 Å². The van der Waals surface area contributed by atoms with Gasteiger partial charge < -0.3 is 15.3 Å². The highest BCUT2D eigenvalue weighted by Gasteiger charge is 2.15. The first kappa shape index (κ1) is 17.0. The van der Waals surface area contributed by atoms with Gasteiger partial charge in [0.1, 0.15) is 11.8 Å². The van der Waals surface area contributed by atoms with Crippen molar-refractivity contribution < 1.29 is 0 Å². The molecule has 0 amide bonds. The first-order valence-electron chi connectivity index (χ1n) is 8.70. The van der Waals surface area contributed by atoms with Gasteiger partial charge in [-0.2, -0.15) is 0 Å². The second-order valence-electron chi connectivity index (χ2n) is 6.26. The average Bonchev–Trinajstić information content (AvgIpc) is 3.15. The fraction of sp³-hybridized carbons (Fsp3) is 0.278. The molecule has 9 nitrogen and oxygen atoms in total. The monoisotopic (exact) mass is 364 g/mol. The molecule has 0 aliphatic rings.